The zero-order valence-electron chi connectivity index (χ0n) is 13.0. The van der Waals surface area contributed by atoms with Gasteiger partial charge in [0.15, 0.2) is 0 Å². The highest BCUT2D eigenvalue weighted by Gasteiger charge is 2.13. The van der Waals surface area contributed by atoms with Crippen LogP contribution in [0, 0.1) is 5.41 Å². The third-order valence-corrected chi connectivity index (χ3v) is 4.08. The number of nitrogen functional groups attached to an aromatic ring is 1. The number of amidine groups is 1. The molecule has 0 aliphatic rings. The fraction of sp³-hybridized carbons (Fsp3) is 0.0526. The second-order valence-corrected chi connectivity index (χ2v) is 5.85. The molecule has 0 saturated heterocycles. The smallest absolute Gasteiger partial charge is 0.140 e. The van der Waals surface area contributed by atoms with Crippen LogP contribution >= 0.6 is 11.6 Å². The van der Waals surface area contributed by atoms with Gasteiger partial charge in [-0.25, -0.2) is 0 Å². The summed E-state index contributed by atoms with van der Waals surface area (Å²) < 4.78 is 0. The Balaban J connectivity index is 1.91. The van der Waals surface area contributed by atoms with Gasteiger partial charge in [0.25, 0.3) is 0 Å². The molecule has 0 saturated carbocycles. The number of hydrogen-bond donors (Lipinski definition) is 3. The third kappa shape index (κ3) is 3.62. The third-order valence-electron chi connectivity index (χ3n) is 3.78. The van der Waals surface area contributed by atoms with Crippen LogP contribution in [0.15, 0.2) is 66.9 Å². The number of nitrogens with two attached hydrogens (primary N) is 2. The molecule has 1 aromatic heterocycles. The number of halogens is 1. The normalized spacial score (nSPS) is 10.5. The highest BCUT2D eigenvalue weighted by Crippen LogP contribution is 2.27. The average Bonchev–Trinajstić information content (AvgIpc) is 2.61. The van der Waals surface area contributed by atoms with Crippen molar-refractivity contribution in [3.05, 3.63) is 83.0 Å². The van der Waals surface area contributed by atoms with Crippen LogP contribution in [0.25, 0.3) is 11.3 Å². The lowest BCUT2D eigenvalue weighted by Gasteiger charge is -2.10. The molecular weight excluding hydrogens is 320 g/mol. The van der Waals surface area contributed by atoms with E-state index in [1.807, 2.05) is 36.4 Å². The van der Waals surface area contributed by atoms with E-state index in [1.54, 1.807) is 18.3 Å². The van der Waals surface area contributed by atoms with Crippen LogP contribution in [-0.2, 0) is 6.54 Å². The lowest BCUT2D eigenvalue weighted by atomic mass is 10.0. The first kappa shape index (κ1) is 16.2. The van der Waals surface area contributed by atoms with Gasteiger partial charge in [0.2, 0.25) is 0 Å². The molecule has 0 aliphatic carbocycles. The van der Waals surface area contributed by atoms with Gasteiger partial charge in [0.1, 0.15) is 18.1 Å². The molecule has 1 heterocycles. The second-order valence-electron chi connectivity index (χ2n) is 5.44. The van der Waals surface area contributed by atoms with E-state index in [1.165, 1.54) is 5.56 Å². The van der Waals surface area contributed by atoms with Crippen molar-refractivity contribution < 1.29 is 5.32 Å². The number of nitrogens with one attached hydrogen (secondary N) is 1. The maximum Gasteiger partial charge on any atom is 0.140 e. The van der Waals surface area contributed by atoms with Crippen LogP contribution in [0.3, 0.4) is 0 Å². The number of quaternary nitrogens is 1. The minimum Gasteiger partial charge on any atom is -0.383 e. The molecule has 2 aromatic carbocycles. The number of benzene rings is 2. The summed E-state index contributed by atoms with van der Waals surface area (Å²) in [6.45, 7) is 0.783. The maximum atomic E-state index is 7.88. The topological polar surface area (TPSA) is 79.4 Å². The minimum absolute atomic E-state index is 0.0308. The van der Waals surface area contributed by atoms with Crippen molar-refractivity contribution in [2.24, 2.45) is 5.73 Å². The summed E-state index contributed by atoms with van der Waals surface area (Å²) in [5, 5.41) is 10.5. The second kappa shape index (κ2) is 7.25. The molecule has 120 valence electrons. The van der Waals surface area contributed by atoms with Crippen molar-refractivity contribution in [1.29, 1.82) is 5.41 Å². The van der Waals surface area contributed by atoms with Crippen LogP contribution in [0.2, 0.25) is 5.02 Å². The molecule has 24 heavy (non-hydrogen) atoms. The summed E-state index contributed by atoms with van der Waals surface area (Å²) in [6, 6.07) is 19.5. The van der Waals surface area contributed by atoms with Crippen LogP contribution in [0.5, 0.6) is 0 Å². The average molecular weight is 338 g/mol. The summed E-state index contributed by atoms with van der Waals surface area (Å²) in [5.74, 6) is 0.0308. The van der Waals surface area contributed by atoms with Crippen molar-refractivity contribution in [3.8, 4) is 11.3 Å². The van der Waals surface area contributed by atoms with Crippen LogP contribution in [-0.4, -0.2) is 10.8 Å². The van der Waals surface area contributed by atoms with E-state index in [0.29, 0.717) is 16.3 Å². The van der Waals surface area contributed by atoms with Crippen molar-refractivity contribution >= 4 is 23.1 Å². The fourth-order valence-electron chi connectivity index (χ4n) is 2.55. The number of aromatic nitrogens is 1. The number of hydrogen-bond acceptors (Lipinski definition) is 2. The number of rotatable bonds is 5. The molecule has 0 radical (unpaired) electrons. The first-order valence-corrected chi connectivity index (χ1v) is 7.99. The van der Waals surface area contributed by atoms with Gasteiger partial charge >= 0.3 is 0 Å². The molecular formula is C19H18ClN4+. The Kier molecular flexibility index (Phi) is 4.89. The Hall–Kier alpha value is -2.69. The molecule has 0 atom stereocenters. The first-order chi connectivity index (χ1) is 11.6. The van der Waals surface area contributed by atoms with E-state index in [9.17, 15) is 0 Å². The summed E-state index contributed by atoms with van der Waals surface area (Å²) in [6.07, 6.45) is 1.70. The van der Waals surface area contributed by atoms with Gasteiger partial charge in [-0.3, -0.25) is 10.4 Å². The Morgan fingerprint density at radius 1 is 1.08 bits per heavy atom. The molecule has 3 aromatic rings. The van der Waals surface area contributed by atoms with Gasteiger partial charge in [0.05, 0.1) is 16.3 Å². The van der Waals surface area contributed by atoms with Gasteiger partial charge in [0, 0.05) is 23.4 Å². The van der Waals surface area contributed by atoms with Crippen molar-refractivity contribution in [2.75, 3.05) is 0 Å². The molecule has 0 bridgehead atoms. The van der Waals surface area contributed by atoms with E-state index < -0.39 is 0 Å². The first-order valence-electron chi connectivity index (χ1n) is 7.61. The van der Waals surface area contributed by atoms with E-state index in [4.69, 9.17) is 22.7 Å². The zero-order chi connectivity index (χ0) is 16.9. The molecule has 4 nitrogen and oxygen atoms in total. The zero-order valence-corrected chi connectivity index (χ0v) is 13.8. The van der Waals surface area contributed by atoms with E-state index in [2.05, 4.69) is 22.4 Å². The highest BCUT2D eigenvalue weighted by atomic mass is 35.5. The lowest BCUT2D eigenvalue weighted by Crippen LogP contribution is -2.76. The van der Waals surface area contributed by atoms with Gasteiger partial charge in [-0.15, -0.1) is 0 Å². The largest absolute Gasteiger partial charge is 0.383 e. The van der Waals surface area contributed by atoms with Crippen LogP contribution in [0.1, 0.15) is 11.1 Å². The Bertz CT molecular complexity index is 862. The van der Waals surface area contributed by atoms with Crippen LogP contribution < -0.4 is 11.1 Å². The Labute approximate surface area is 145 Å². The van der Waals surface area contributed by atoms with Gasteiger partial charge in [-0.2, -0.15) is 0 Å². The molecule has 5 heteroatoms. The van der Waals surface area contributed by atoms with E-state index in [0.717, 1.165) is 17.8 Å². The number of pyridine rings is 1. The standard InChI is InChI=1S/C19H17ClN4/c20-16-7-4-10-23-18(16)14-8-9-17(15(11-14)19(21)22)24-12-13-5-2-1-3-6-13/h1-11,24H,12H2,(H3,21,22)/p+1. The van der Waals surface area contributed by atoms with E-state index >= 15 is 0 Å². The monoisotopic (exact) mass is 337 g/mol. The molecule has 0 amide bonds. The summed E-state index contributed by atoms with van der Waals surface area (Å²) in [4.78, 5) is 4.32. The molecule has 0 aliphatic heterocycles. The maximum absolute atomic E-state index is 7.88. The van der Waals surface area contributed by atoms with Crippen molar-refractivity contribution in [1.82, 2.24) is 4.98 Å². The molecule has 0 fully saturated rings. The number of nitrogens with zero attached hydrogens (tertiary/aromatic N) is 1. The van der Waals surface area contributed by atoms with Crippen molar-refractivity contribution in [2.45, 2.75) is 6.54 Å². The lowest BCUT2D eigenvalue weighted by molar-refractivity contribution is -0.588. The fourth-order valence-corrected chi connectivity index (χ4v) is 2.79. The van der Waals surface area contributed by atoms with Crippen molar-refractivity contribution in [3.63, 3.8) is 0 Å². The SMILES string of the molecule is N=C(N)c1cc(-c2ncccc2Cl)ccc1[NH2+]Cc1ccccc1. The Morgan fingerprint density at radius 3 is 2.58 bits per heavy atom. The van der Waals surface area contributed by atoms with Gasteiger partial charge in [-0.05, 0) is 24.3 Å². The molecule has 5 N–H and O–H groups in total. The summed E-state index contributed by atoms with van der Waals surface area (Å²) >= 11 is 6.22. The highest BCUT2D eigenvalue weighted by molar-refractivity contribution is 6.33. The predicted molar refractivity (Wildman–Crippen MR) is 97.4 cm³/mol. The molecule has 3 rings (SSSR count). The molecule has 0 unspecified atom stereocenters. The van der Waals surface area contributed by atoms with Crippen LogP contribution in [0.4, 0.5) is 5.69 Å². The Morgan fingerprint density at radius 2 is 1.88 bits per heavy atom. The van der Waals surface area contributed by atoms with Gasteiger partial charge in [-0.1, -0.05) is 41.9 Å². The van der Waals surface area contributed by atoms with E-state index in [-0.39, 0.29) is 5.84 Å². The minimum atomic E-state index is 0.0308. The summed E-state index contributed by atoms with van der Waals surface area (Å²) in [5.41, 5.74) is 10.1. The molecule has 0 spiro atoms. The predicted octanol–water partition coefficient (Wildman–Crippen LogP) is 3.08. The summed E-state index contributed by atoms with van der Waals surface area (Å²) in [7, 11) is 0. The quantitative estimate of drug-likeness (QED) is 0.380. The van der Waals surface area contributed by atoms with Gasteiger partial charge < -0.3 is 11.1 Å².